The van der Waals surface area contributed by atoms with E-state index in [0.29, 0.717) is 17.3 Å². The Morgan fingerprint density at radius 2 is 1.61 bits per heavy atom. The Hall–Kier alpha value is -4.00. The molecule has 0 unspecified atom stereocenters. The van der Waals surface area contributed by atoms with Gasteiger partial charge in [0, 0.05) is 34.7 Å². The summed E-state index contributed by atoms with van der Waals surface area (Å²) in [4.78, 5) is 24.7. The molecular formula is C21H17N5O2. The Balaban J connectivity index is 1.69. The summed E-state index contributed by atoms with van der Waals surface area (Å²) in [6, 6.07) is 18.9. The van der Waals surface area contributed by atoms with E-state index in [-0.39, 0.29) is 0 Å². The van der Waals surface area contributed by atoms with E-state index in [4.69, 9.17) is 4.98 Å². The van der Waals surface area contributed by atoms with Gasteiger partial charge in [-0.1, -0.05) is 12.1 Å². The standard InChI is InChI=1S/C21H17N5O2/c1-28-21(27)24-16-8-6-15(7-9-16)23-20-17-4-2-3-5-18(17)25-19(26-20)14-10-12-22-13-11-14/h2-13H,1H3,(H,24,27)(H,23,25,26). The van der Waals surface area contributed by atoms with E-state index in [1.54, 1.807) is 24.5 Å². The third kappa shape index (κ3) is 3.73. The lowest BCUT2D eigenvalue weighted by Crippen LogP contribution is -2.10. The molecule has 0 fully saturated rings. The van der Waals surface area contributed by atoms with Crippen molar-refractivity contribution in [2.75, 3.05) is 17.7 Å². The minimum Gasteiger partial charge on any atom is -0.453 e. The average Bonchev–Trinajstić information content (AvgIpc) is 2.75. The normalized spacial score (nSPS) is 10.5. The molecule has 7 heteroatoms. The maximum Gasteiger partial charge on any atom is 0.411 e. The van der Waals surface area contributed by atoms with E-state index in [9.17, 15) is 4.79 Å². The number of ether oxygens (including phenoxy) is 1. The number of aromatic nitrogens is 3. The number of rotatable bonds is 4. The van der Waals surface area contributed by atoms with Crippen LogP contribution in [0.2, 0.25) is 0 Å². The van der Waals surface area contributed by atoms with Gasteiger partial charge in [-0.2, -0.15) is 0 Å². The van der Waals surface area contributed by atoms with Gasteiger partial charge in [-0.3, -0.25) is 10.3 Å². The fraction of sp³-hybridized carbons (Fsp3) is 0.0476. The molecule has 2 aromatic heterocycles. The highest BCUT2D eigenvalue weighted by molar-refractivity contribution is 5.92. The molecule has 0 aliphatic rings. The van der Waals surface area contributed by atoms with Crippen molar-refractivity contribution in [1.29, 1.82) is 0 Å². The minimum absolute atomic E-state index is 0.510. The highest BCUT2D eigenvalue weighted by atomic mass is 16.5. The molecule has 0 radical (unpaired) electrons. The number of benzene rings is 2. The maximum atomic E-state index is 11.3. The molecule has 0 saturated heterocycles. The van der Waals surface area contributed by atoms with Gasteiger partial charge < -0.3 is 10.1 Å². The van der Waals surface area contributed by atoms with Gasteiger partial charge in [0.1, 0.15) is 5.82 Å². The molecule has 2 aromatic carbocycles. The second kappa shape index (κ2) is 7.71. The van der Waals surface area contributed by atoms with Crippen LogP contribution in [0.4, 0.5) is 22.0 Å². The quantitative estimate of drug-likeness (QED) is 0.544. The molecule has 0 spiro atoms. The third-order valence-corrected chi connectivity index (χ3v) is 4.12. The fourth-order valence-corrected chi connectivity index (χ4v) is 2.74. The van der Waals surface area contributed by atoms with Crippen molar-refractivity contribution in [2.45, 2.75) is 0 Å². The summed E-state index contributed by atoms with van der Waals surface area (Å²) in [5.41, 5.74) is 3.21. The van der Waals surface area contributed by atoms with Crippen LogP contribution >= 0.6 is 0 Å². The minimum atomic E-state index is -0.510. The van der Waals surface area contributed by atoms with Crippen molar-refractivity contribution in [1.82, 2.24) is 15.0 Å². The first-order chi connectivity index (χ1) is 13.7. The summed E-state index contributed by atoms with van der Waals surface area (Å²) in [6.45, 7) is 0. The van der Waals surface area contributed by atoms with Crippen molar-refractivity contribution in [3.63, 3.8) is 0 Å². The van der Waals surface area contributed by atoms with Gasteiger partial charge in [-0.05, 0) is 48.5 Å². The average molecular weight is 371 g/mol. The topological polar surface area (TPSA) is 89.0 Å². The number of carbonyl (C=O) groups excluding carboxylic acids is 1. The molecule has 2 N–H and O–H groups in total. The number of fused-ring (bicyclic) bond motifs is 1. The predicted molar refractivity (Wildman–Crippen MR) is 109 cm³/mol. The second-order valence-corrected chi connectivity index (χ2v) is 5.97. The number of carbonyl (C=O) groups is 1. The molecule has 0 aliphatic carbocycles. The van der Waals surface area contributed by atoms with Gasteiger partial charge in [-0.15, -0.1) is 0 Å². The first kappa shape index (κ1) is 17.4. The summed E-state index contributed by atoms with van der Waals surface area (Å²) >= 11 is 0. The molecule has 4 rings (SSSR count). The van der Waals surface area contributed by atoms with Crippen LogP contribution < -0.4 is 10.6 Å². The van der Waals surface area contributed by atoms with Crippen LogP contribution in [0.25, 0.3) is 22.3 Å². The van der Waals surface area contributed by atoms with Gasteiger partial charge in [-0.25, -0.2) is 14.8 Å². The van der Waals surface area contributed by atoms with Crippen LogP contribution in [-0.4, -0.2) is 28.2 Å². The van der Waals surface area contributed by atoms with Crippen LogP contribution in [-0.2, 0) is 4.74 Å². The van der Waals surface area contributed by atoms with E-state index in [1.807, 2.05) is 48.5 Å². The number of hydrogen-bond donors (Lipinski definition) is 2. The van der Waals surface area contributed by atoms with E-state index in [1.165, 1.54) is 7.11 Å². The summed E-state index contributed by atoms with van der Waals surface area (Å²) in [6.07, 6.45) is 2.92. The SMILES string of the molecule is COC(=O)Nc1ccc(Nc2nc(-c3ccncc3)nc3ccccc23)cc1. The molecule has 7 nitrogen and oxygen atoms in total. The molecule has 0 aliphatic heterocycles. The second-order valence-electron chi connectivity index (χ2n) is 5.97. The number of nitrogens with one attached hydrogen (secondary N) is 2. The summed E-state index contributed by atoms with van der Waals surface area (Å²) in [5.74, 6) is 1.32. The van der Waals surface area contributed by atoms with Crippen molar-refractivity contribution >= 4 is 34.2 Å². The van der Waals surface area contributed by atoms with Crippen LogP contribution in [0.1, 0.15) is 0 Å². The van der Waals surface area contributed by atoms with Crippen LogP contribution in [0.15, 0.2) is 73.1 Å². The molecule has 28 heavy (non-hydrogen) atoms. The van der Waals surface area contributed by atoms with Gasteiger partial charge in [0.25, 0.3) is 0 Å². The number of anilines is 3. The third-order valence-electron chi connectivity index (χ3n) is 4.12. The predicted octanol–water partition coefficient (Wildman–Crippen LogP) is 4.61. The zero-order valence-corrected chi connectivity index (χ0v) is 15.1. The Morgan fingerprint density at radius 1 is 0.893 bits per heavy atom. The molecular weight excluding hydrogens is 354 g/mol. The Bertz CT molecular complexity index is 1110. The number of pyridine rings is 1. The zero-order chi connectivity index (χ0) is 19.3. The molecule has 0 atom stereocenters. The first-order valence-corrected chi connectivity index (χ1v) is 8.62. The number of para-hydroxylation sites is 1. The molecule has 0 saturated carbocycles. The van der Waals surface area contributed by atoms with Crippen molar-refractivity contribution in [3.05, 3.63) is 73.1 Å². The molecule has 4 aromatic rings. The number of nitrogens with zero attached hydrogens (tertiary/aromatic N) is 3. The number of amides is 1. The van der Waals surface area contributed by atoms with E-state index < -0.39 is 6.09 Å². The Kier molecular flexibility index (Phi) is 4.79. The van der Waals surface area contributed by atoms with Gasteiger partial charge in [0.15, 0.2) is 5.82 Å². The maximum absolute atomic E-state index is 11.3. The lowest BCUT2D eigenvalue weighted by Gasteiger charge is -2.12. The Morgan fingerprint density at radius 3 is 2.36 bits per heavy atom. The largest absolute Gasteiger partial charge is 0.453 e. The van der Waals surface area contributed by atoms with Crippen molar-refractivity contribution < 1.29 is 9.53 Å². The highest BCUT2D eigenvalue weighted by Gasteiger charge is 2.10. The lowest BCUT2D eigenvalue weighted by atomic mass is 10.2. The van der Waals surface area contributed by atoms with E-state index in [2.05, 4.69) is 25.3 Å². The van der Waals surface area contributed by atoms with Gasteiger partial charge >= 0.3 is 6.09 Å². The number of methoxy groups -OCH3 is 1. The number of hydrogen-bond acceptors (Lipinski definition) is 6. The highest BCUT2D eigenvalue weighted by Crippen LogP contribution is 2.27. The van der Waals surface area contributed by atoms with E-state index >= 15 is 0 Å². The van der Waals surface area contributed by atoms with Crippen LogP contribution in [0.5, 0.6) is 0 Å². The molecule has 138 valence electrons. The first-order valence-electron chi connectivity index (χ1n) is 8.62. The van der Waals surface area contributed by atoms with Crippen molar-refractivity contribution in [2.24, 2.45) is 0 Å². The van der Waals surface area contributed by atoms with E-state index in [0.717, 1.165) is 22.2 Å². The Labute approximate surface area is 161 Å². The smallest absolute Gasteiger partial charge is 0.411 e. The molecule has 1 amide bonds. The fourth-order valence-electron chi connectivity index (χ4n) is 2.74. The van der Waals surface area contributed by atoms with Crippen LogP contribution in [0.3, 0.4) is 0 Å². The summed E-state index contributed by atoms with van der Waals surface area (Å²) < 4.78 is 4.60. The zero-order valence-electron chi connectivity index (χ0n) is 15.1. The van der Waals surface area contributed by atoms with Gasteiger partial charge in [0.05, 0.1) is 12.6 Å². The summed E-state index contributed by atoms with van der Waals surface area (Å²) in [7, 11) is 1.33. The van der Waals surface area contributed by atoms with Crippen molar-refractivity contribution in [3.8, 4) is 11.4 Å². The van der Waals surface area contributed by atoms with Gasteiger partial charge in [0.2, 0.25) is 0 Å². The lowest BCUT2D eigenvalue weighted by molar-refractivity contribution is 0.187. The summed E-state index contributed by atoms with van der Waals surface area (Å²) in [5, 5.41) is 6.88. The molecule has 0 bridgehead atoms. The van der Waals surface area contributed by atoms with Crippen LogP contribution in [0, 0.1) is 0 Å². The monoisotopic (exact) mass is 371 g/mol. The molecule has 2 heterocycles.